The zero-order valence-corrected chi connectivity index (χ0v) is 16.0. The van der Waals surface area contributed by atoms with Gasteiger partial charge in [-0.25, -0.2) is 9.97 Å². The second-order valence-electron chi connectivity index (χ2n) is 5.82. The molecule has 3 nitrogen and oxygen atoms in total. The number of hydrogen-bond acceptors (Lipinski definition) is 5. The molecule has 130 valence electrons. The summed E-state index contributed by atoms with van der Waals surface area (Å²) in [6.07, 6.45) is 2.69. The van der Waals surface area contributed by atoms with Gasteiger partial charge in [-0.1, -0.05) is 42.5 Å². The Kier molecular flexibility index (Phi) is 5.18. The summed E-state index contributed by atoms with van der Waals surface area (Å²) in [5.41, 5.74) is 3.71. The topological polar surface area (TPSA) is 35.0 Å². The minimum absolute atomic E-state index is 0.863. The third kappa shape index (κ3) is 3.59. The molecule has 0 aliphatic rings. The van der Waals surface area contributed by atoms with Crippen molar-refractivity contribution in [2.45, 2.75) is 11.4 Å². The van der Waals surface area contributed by atoms with Crippen LogP contribution in [0.5, 0.6) is 5.75 Å². The van der Waals surface area contributed by atoms with Gasteiger partial charge in [0.05, 0.1) is 12.5 Å². The molecule has 5 heteroatoms. The highest BCUT2D eigenvalue weighted by atomic mass is 32.2. The van der Waals surface area contributed by atoms with Crippen LogP contribution in [0.15, 0.2) is 71.3 Å². The fourth-order valence-corrected chi connectivity index (χ4v) is 4.83. The van der Waals surface area contributed by atoms with E-state index in [-0.39, 0.29) is 0 Å². The maximum Gasteiger partial charge on any atom is 0.128 e. The largest absolute Gasteiger partial charge is 0.497 e. The molecule has 0 fully saturated rings. The molecule has 0 amide bonds. The zero-order valence-electron chi connectivity index (χ0n) is 14.4. The molecule has 0 radical (unpaired) electrons. The van der Waals surface area contributed by atoms with E-state index in [4.69, 9.17) is 4.74 Å². The van der Waals surface area contributed by atoms with Gasteiger partial charge >= 0.3 is 0 Å². The van der Waals surface area contributed by atoms with Crippen molar-refractivity contribution in [3.8, 4) is 16.9 Å². The lowest BCUT2D eigenvalue weighted by molar-refractivity contribution is 0.415. The fraction of sp³-hybridized carbons (Fsp3) is 0.143. The number of thioether (sulfide) groups is 1. The minimum atomic E-state index is 0.863. The van der Waals surface area contributed by atoms with Crippen LogP contribution >= 0.6 is 23.1 Å². The van der Waals surface area contributed by atoms with E-state index in [1.807, 2.05) is 12.1 Å². The monoisotopic (exact) mass is 378 g/mol. The maximum atomic E-state index is 5.27. The number of thiophene rings is 1. The molecule has 2 aromatic carbocycles. The first-order chi connectivity index (χ1) is 12.8. The van der Waals surface area contributed by atoms with Crippen LogP contribution in [0, 0.1) is 0 Å². The van der Waals surface area contributed by atoms with Crippen LogP contribution < -0.4 is 4.74 Å². The Bertz CT molecular complexity index is 998. The highest BCUT2D eigenvalue weighted by molar-refractivity contribution is 7.99. The zero-order chi connectivity index (χ0) is 17.8. The molecule has 0 N–H and O–H groups in total. The van der Waals surface area contributed by atoms with Gasteiger partial charge in [-0.05, 0) is 29.7 Å². The third-order valence-electron chi connectivity index (χ3n) is 4.21. The predicted molar refractivity (Wildman–Crippen MR) is 110 cm³/mol. The van der Waals surface area contributed by atoms with Gasteiger partial charge in [-0.2, -0.15) is 0 Å². The van der Waals surface area contributed by atoms with Gasteiger partial charge in [0.15, 0.2) is 0 Å². The summed E-state index contributed by atoms with van der Waals surface area (Å²) in [4.78, 5) is 10.1. The Morgan fingerprint density at radius 3 is 2.58 bits per heavy atom. The first-order valence-corrected chi connectivity index (χ1v) is 10.2. The Labute approximate surface area is 161 Å². The van der Waals surface area contributed by atoms with E-state index in [2.05, 4.69) is 57.8 Å². The van der Waals surface area contributed by atoms with Gasteiger partial charge in [-0.15, -0.1) is 23.1 Å². The van der Waals surface area contributed by atoms with Crippen LogP contribution in [0.1, 0.15) is 5.56 Å². The normalized spacial score (nSPS) is 11.0. The number of fused-ring (bicyclic) bond motifs is 1. The first kappa shape index (κ1) is 17.1. The summed E-state index contributed by atoms with van der Waals surface area (Å²) >= 11 is 3.46. The van der Waals surface area contributed by atoms with Crippen LogP contribution in [-0.4, -0.2) is 22.8 Å². The summed E-state index contributed by atoms with van der Waals surface area (Å²) in [5.74, 6) is 1.86. The molecule has 0 bridgehead atoms. The van der Waals surface area contributed by atoms with Crippen molar-refractivity contribution in [3.05, 3.63) is 71.9 Å². The second-order valence-corrected chi connectivity index (χ2v) is 7.76. The molecular weight excluding hydrogens is 360 g/mol. The van der Waals surface area contributed by atoms with E-state index in [0.717, 1.165) is 38.7 Å². The van der Waals surface area contributed by atoms with E-state index >= 15 is 0 Å². The summed E-state index contributed by atoms with van der Waals surface area (Å²) in [6.45, 7) is 0. The Morgan fingerprint density at radius 1 is 1.00 bits per heavy atom. The Hall–Kier alpha value is -2.37. The molecular formula is C21H18N2OS2. The van der Waals surface area contributed by atoms with Crippen molar-refractivity contribution in [1.82, 2.24) is 9.97 Å². The van der Waals surface area contributed by atoms with Gasteiger partial charge in [0.2, 0.25) is 0 Å². The van der Waals surface area contributed by atoms with E-state index in [1.165, 1.54) is 11.1 Å². The van der Waals surface area contributed by atoms with Gasteiger partial charge in [0.1, 0.15) is 21.9 Å². The molecule has 2 aromatic heterocycles. The summed E-state index contributed by atoms with van der Waals surface area (Å²) in [5, 5.41) is 4.38. The SMILES string of the molecule is COc1ccc(-c2csc3ncnc(SCCc4ccccc4)c23)cc1. The van der Waals surface area contributed by atoms with Crippen LogP contribution in [0.25, 0.3) is 21.3 Å². The average molecular weight is 379 g/mol. The van der Waals surface area contributed by atoms with Crippen molar-refractivity contribution in [2.24, 2.45) is 0 Å². The highest BCUT2D eigenvalue weighted by Gasteiger charge is 2.13. The molecule has 0 aliphatic carbocycles. The molecule has 0 spiro atoms. The molecule has 0 atom stereocenters. The first-order valence-electron chi connectivity index (χ1n) is 8.38. The lowest BCUT2D eigenvalue weighted by Gasteiger charge is -2.06. The summed E-state index contributed by atoms with van der Waals surface area (Å²) < 4.78 is 5.27. The van der Waals surface area contributed by atoms with Crippen molar-refractivity contribution in [1.29, 1.82) is 0 Å². The molecule has 0 aliphatic heterocycles. The smallest absolute Gasteiger partial charge is 0.128 e. The number of ether oxygens (including phenoxy) is 1. The molecule has 0 unspecified atom stereocenters. The second kappa shape index (κ2) is 7.89. The van der Waals surface area contributed by atoms with Crippen molar-refractivity contribution in [2.75, 3.05) is 12.9 Å². The molecule has 2 heterocycles. The van der Waals surface area contributed by atoms with E-state index in [0.29, 0.717) is 0 Å². The minimum Gasteiger partial charge on any atom is -0.497 e. The van der Waals surface area contributed by atoms with Gasteiger partial charge < -0.3 is 4.74 Å². The number of methoxy groups -OCH3 is 1. The lowest BCUT2D eigenvalue weighted by atomic mass is 10.1. The van der Waals surface area contributed by atoms with Crippen LogP contribution in [-0.2, 0) is 6.42 Å². The van der Waals surface area contributed by atoms with Crippen molar-refractivity contribution >= 4 is 33.3 Å². The van der Waals surface area contributed by atoms with E-state index < -0.39 is 0 Å². The number of hydrogen-bond donors (Lipinski definition) is 0. The number of benzene rings is 2. The number of aromatic nitrogens is 2. The van der Waals surface area contributed by atoms with Crippen molar-refractivity contribution < 1.29 is 4.74 Å². The van der Waals surface area contributed by atoms with Gasteiger partial charge in [0.25, 0.3) is 0 Å². The number of aryl methyl sites for hydroxylation is 1. The Balaban J connectivity index is 1.61. The average Bonchev–Trinajstić information content (AvgIpc) is 3.14. The quantitative estimate of drug-likeness (QED) is 0.318. The standard InChI is InChI=1S/C21H18N2OS2/c1-24-17-9-7-16(8-10-17)18-13-26-21-19(18)20(22-14-23-21)25-12-11-15-5-3-2-4-6-15/h2-10,13-14H,11-12H2,1H3. The predicted octanol–water partition coefficient (Wildman–Crippen LogP) is 5.70. The Morgan fingerprint density at radius 2 is 1.81 bits per heavy atom. The number of rotatable bonds is 6. The van der Waals surface area contributed by atoms with Crippen LogP contribution in [0.2, 0.25) is 0 Å². The van der Waals surface area contributed by atoms with E-state index in [9.17, 15) is 0 Å². The molecule has 4 rings (SSSR count). The molecule has 0 saturated heterocycles. The molecule has 26 heavy (non-hydrogen) atoms. The highest BCUT2D eigenvalue weighted by Crippen LogP contribution is 2.38. The van der Waals surface area contributed by atoms with Gasteiger partial charge in [0, 0.05) is 16.7 Å². The third-order valence-corrected chi connectivity index (χ3v) is 6.09. The van der Waals surface area contributed by atoms with Crippen LogP contribution in [0.3, 0.4) is 0 Å². The molecule has 4 aromatic rings. The summed E-state index contributed by atoms with van der Waals surface area (Å²) in [6, 6.07) is 18.7. The summed E-state index contributed by atoms with van der Waals surface area (Å²) in [7, 11) is 1.68. The molecule has 0 saturated carbocycles. The fourth-order valence-electron chi connectivity index (χ4n) is 2.85. The van der Waals surface area contributed by atoms with Gasteiger partial charge in [-0.3, -0.25) is 0 Å². The maximum absolute atomic E-state index is 5.27. The number of nitrogens with zero attached hydrogens (tertiary/aromatic N) is 2. The van der Waals surface area contributed by atoms with Crippen LogP contribution in [0.4, 0.5) is 0 Å². The van der Waals surface area contributed by atoms with Crippen molar-refractivity contribution in [3.63, 3.8) is 0 Å². The van der Waals surface area contributed by atoms with E-state index in [1.54, 1.807) is 36.5 Å². The lowest BCUT2D eigenvalue weighted by Crippen LogP contribution is -1.91.